The molecule has 21 heavy (non-hydrogen) atoms. The van der Waals surface area contributed by atoms with Crippen LogP contribution in [-0.2, 0) is 6.54 Å². The van der Waals surface area contributed by atoms with Crippen LogP contribution in [0.25, 0.3) is 0 Å². The van der Waals surface area contributed by atoms with Gasteiger partial charge in [0, 0.05) is 30.4 Å². The number of ether oxygens (including phenoxy) is 1. The van der Waals surface area contributed by atoms with Crippen LogP contribution in [0.3, 0.4) is 0 Å². The minimum atomic E-state index is 0.417. The number of nitrogens with zero attached hydrogens (tertiary/aromatic N) is 1. The van der Waals surface area contributed by atoms with Crippen molar-refractivity contribution in [3.63, 3.8) is 0 Å². The first-order chi connectivity index (χ1) is 10.0. The van der Waals surface area contributed by atoms with E-state index in [2.05, 4.69) is 24.0 Å². The van der Waals surface area contributed by atoms with Gasteiger partial charge in [0.15, 0.2) is 0 Å². The topological polar surface area (TPSA) is 38.5 Å². The maximum absolute atomic E-state index is 5.85. The smallest absolute Gasteiger partial charge is 0.123 e. The number of anilines is 1. The molecule has 0 radical (unpaired) electrons. The van der Waals surface area contributed by atoms with Crippen LogP contribution in [0.4, 0.5) is 5.69 Å². The Kier molecular flexibility index (Phi) is 4.81. The molecule has 0 unspecified atom stereocenters. The Balaban J connectivity index is 2.37. The molecule has 0 bridgehead atoms. The zero-order valence-electron chi connectivity index (χ0n) is 12.6. The molecule has 0 atom stereocenters. The number of para-hydroxylation sites is 2. The number of benzene rings is 2. The van der Waals surface area contributed by atoms with Gasteiger partial charge in [0.1, 0.15) is 10.7 Å². The van der Waals surface area contributed by atoms with Crippen LogP contribution in [0, 0.1) is 6.92 Å². The van der Waals surface area contributed by atoms with Crippen LogP contribution in [0.15, 0.2) is 42.5 Å². The Morgan fingerprint density at radius 2 is 1.90 bits per heavy atom. The van der Waals surface area contributed by atoms with Gasteiger partial charge in [-0.25, -0.2) is 0 Å². The molecule has 0 saturated carbocycles. The standard InChI is InChI=1S/C17H20N2OS/c1-12-7-6-9-14(17(18)21)16(12)19(2)11-13-8-4-5-10-15(13)20-3/h4-10H,11H2,1-3H3,(H2,18,21). The van der Waals surface area contributed by atoms with Crippen LogP contribution in [0.5, 0.6) is 5.75 Å². The normalized spacial score (nSPS) is 10.2. The van der Waals surface area contributed by atoms with Crippen molar-refractivity contribution in [3.05, 3.63) is 59.2 Å². The highest BCUT2D eigenvalue weighted by Gasteiger charge is 2.14. The summed E-state index contributed by atoms with van der Waals surface area (Å²) in [6.45, 7) is 2.79. The number of thiocarbonyl (C=S) groups is 1. The summed E-state index contributed by atoms with van der Waals surface area (Å²) in [6.07, 6.45) is 0. The molecule has 0 aliphatic rings. The van der Waals surface area contributed by atoms with E-state index in [0.29, 0.717) is 4.99 Å². The molecule has 0 aliphatic carbocycles. The maximum Gasteiger partial charge on any atom is 0.123 e. The Morgan fingerprint density at radius 1 is 1.19 bits per heavy atom. The zero-order valence-corrected chi connectivity index (χ0v) is 13.4. The fraction of sp³-hybridized carbons (Fsp3) is 0.235. The van der Waals surface area contributed by atoms with Crippen molar-refractivity contribution in [2.24, 2.45) is 5.73 Å². The molecule has 2 aromatic rings. The van der Waals surface area contributed by atoms with E-state index in [9.17, 15) is 0 Å². The summed E-state index contributed by atoms with van der Waals surface area (Å²) in [7, 11) is 3.73. The van der Waals surface area contributed by atoms with Gasteiger partial charge in [-0.1, -0.05) is 42.5 Å². The number of hydrogen-bond acceptors (Lipinski definition) is 3. The number of hydrogen-bond donors (Lipinski definition) is 1. The summed E-state index contributed by atoms with van der Waals surface area (Å²) in [4.78, 5) is 2.57. The third kappa shape index (κ3) is 3.34. The van der Waals surface area contributed by atoms with Crippen LogP contribution in [-0.4, -0.2) is 19.1 Å². The van der Waals surface area contributed by atoms with E-state index < -0.39 is 0 Å². The van der Waals surface area contributed by atoms with E-state index in [1.54, 1.807) is 7.11 Å². The fourth-order valence-corrected chi connectivity index (χ4v) is 2.70. The zero-order chi connectivity index (χ0) is 15.4. The predicted octanol–water partition coefficient (Wildman–Crippen LogP) is 3.27. The monoisotopic (exact) mass is 300 g/mol. The van der Waals surface area contributed by atoms with Crippen molar-refractivity contribution in [3.8, 4) is 5.75 Å². The van der Waals surface area contributed by atoms with Crippen molar-refractivity contribution in [2.75, 3.05) is 19.1 Å². The van der Waals surface area contributed by atoms with Gasteiger partial charge in [-0.15, -0.1) is 0 Å². The SMILES string of the molecule is COc1ccccc1CN(C)c1c(C)cccc1C(N)=S. The second-order valence-electron chi connectivity index (χ2n) is 5.00. The van der Waals surface area contributed by atoms with Gasteiger partial charge in [-0.3, -0.25) is 0 Å². The van der Waals surface area contributed by atoms with Gasteiger partial charge in [-0.05, 0) is 24.6 Å². The molecule has 2 aromatic carbocycles. The minimum absolute atomic E-state index is 0.417. The second-order valence-corrected chi connectivity index (χ2v) is 5.44. The number of aryl methyl sites for hydroxylation is 1. The van der Waals surface area contributed by atoms with Gasteiger partial charge in [0.2, 0.25) is 0 Å². The molecule has 2 N–H and O–H groups in total. The van der Waals surface area contributed by atoms with Crippen molar-refractivity contribution < 1.29 is 4.74 Å². The van der Waals surface area contributed by atoms with Gasteiger partial charge in [0.25, 0.3) is 0 Å². The van der Waals surface area contributed by atoms with Crippen LogP contribution < -0.4 is 15.4 Å². The average Bonchev–Trinajstić information content (AvgIpc) is 2.47. The molecule has 4 heteroatoms. The van der Waals surface area contributed by atoms with Crippen LogP contribution >= 0.6 is 12.2 Å². The van der Waals surface area contributed by atoms with Crippen molar-refractivity contribution in [1.82, 2.24) is 0 Å². The molecule has 0 amide bonds. The Labute approximate surface area is 131 Å². The third-order valence-electron chi connectivity index (χ3n) is 3.48. The molecule has 110 valence electrons. The Hall–Kier alpha value is -2.07. The number of rotatable bonds is 5. The molecule has 0 heterocycles. The van der Waals surface area contributed by atoms with Crippen LogP contribution in [0.2, 0.25) is 0 Å². The molecule has 0 aliphatic heterocycles. The highest BCUT2D eigenvalue weighted by molar-refractivity contribution is 7.80. The van der Waals surface area contributed by atoms with E-state index in [1.165, 1.54) is 0 Å². The van der Waals surface area contributed by atoms with Gasteiger partial charge in [0.05, 0.1) is 7.11 Å². The maximum atomic E-state index is 5.85. The summed E-state index contributed by atoms with van der Waals surface area (Å²) < 4.78 is 5.41. The first-order valence-corrected chi connectivity index (χ1v) is 7.18. The van der Waals surface area contributed by atoms with Crippen molar-refractivity contribution >= 4 is 22.9 Å². The molecule has 0 fully saturated rings. The van der Waals surface area contributed by atoms with E-state index in [-0.39, 0.29) is 0 Å². The van der Waals surface area contributed by atoms with Crippen molar-refractivity contribution in [1.29, 1.82) is 0 Å². The minimum Gasteiger partial charge on any atom is -0.496 e. The quantitative estimate of drug-likeness (QED) is 0.860. The summed E-state index contributed by atoms with van der Waals surface area (Å²) in [5, 5.41) is 0. The lowest BCUT2D eigenvalue weighted by Crippen LogP contribution is -2.22. The molecule has 0 aromatic heterocycles. The molecular formula is C17H20N2OS. The number of nitrogens with two attached hydrogens (primary N) is 1. The molecule has 3 nitrogen and oxygen atoms in total. The lowest BCUT2D eigenvalue weighted by molar-refractivity contribution is 0.409. The molecule has 0 saturated heterocycles. The first kappa shape index (κ1) is 15.3. The summed E-state index contributed by atoms with van der Waals surface area (Å²) in [5.41, 5.74) is 10.1. The first-order valence-electron chi connectivity index (χ1n) is 6.77. The molecule has 2 rings (SSSR count). The third-order valence-corrected chi connectivity index (χ3v) is 3.70. The molecule has 0 spiro atoms. The van der Waals surface area contributed by atoms with Gasteiger partial charge >= 0.3 is 0 Å². The summed E-state index contributed by atoms with van der Waals surface area (Å²) in [5.74, 6) is 0.884. The van der Waals surface area contributed by atoms with E-state index in [4.69, 9.17) is 22.7 Å². The largest absolute Gasteiger partial charge is 0.496 e. The lowest BCUT2D eigenvalue weighted by Gasteiger charge is -2.25. The van der Waals surface area contributed by atoms with E-state index in [1.807, 2.05) is 37.4 Å². The number of methoxy groups -OCH3 is 1. The summed E-state index contributed by atoms with van der Waals surface area (Å²) in [6, 6.07) is 14.0. The average molecular weight is 300 g/mol. The van der Waals surface area contributed by atoms with E-state index in [0.717, 1.165) is 34.7 Å². The highest BCUT2D eigenvalue weighted by Crippen LogP contribution is 2.27. The molecular weight excluding hydrogens is 280 g/mol. The van der Waals surface area contributed by atoms with Gasteiger partial charge < -0.3 is 15.4 Å². The van der Waals surface area contributed by atoms with Crippen molar-refractivity contribution in [2.45, 2.75) is 13.5 Å². The highest BCUT2D eigenvalue weighted by atomic mass is 32.1. The Morgan fingerprint density at radius 3 is 2.57 bits per heavy atom. The van der Waals surface area contributed by atoms with Gasteiger partial charge in [-0.2, -0.15) is 0 Å². The second kappa shape index (κ2) is 6.59. The fourth-order valence-electron chi connectivity index (χ4n) is 2.53. The lowest BCUT2D eigenvalue weighted by atomic mass is 10.1. The van der Waals surface area contributed by atoms with Crippen LogP contribution in [0.1, 0.15) is 16.7 Å². The predicted molar refractivity (Wildman–Crippen MR) is 92.2 cm³/mol. The summed E-state index contributed by atoms with van der Waals surface area (Å²) >= 11 is 5.17. The van der Waals surface area contributed by atoms with E-state index >= 15 is 0 Å². The Bertz CT molecular complexity index is 655.